The van der Waals surface area contributed by atoms with Gasteiger partial charge in [0.25, 0.3) is 0 Å². The molecule has 1 nitrogen and oxygen atoms in total. The van der Waals surface area contributed by atoms with E-state index in [0.717, 1.165) is 11.6 Å². The Morgan fingerprint density at radius 3 is 2.40 bits per heavy atom. The van der Waals surface area contributed by atoms with E-state index in [0.29, 0.717) is 11.6 Å². The van der Waals surface area contributed by atoms with Crippen LogP contribution in [0.3, 0.4) is 0 Å². The molecule has 0 saturated carbocycles. The molecule has 0 amide bonds. The Kier molecular flexibility index (Phi) is 5.13. The summed E-state index contributed by atoms with van der Waals surface area (Å²) in [6.45, 7) is 2.54. The average molecular weight is 361 g/mol. The highest BCUT2D eigenvalue weighted by molar-refractivity contribution is 9.10. The summed E-state index contributed by atoms with van der Waals surface area (Å²) in [5.41, 5.74) is 1.10. The van der Waals surface area contributed by atoms with Crippen molar-refractivity contribution < 1.29 is 8.78 Å². The summed E-state index contributed by atoms with van der Waals surface area (Å²) >= 11 is 8.84. The molecule has 20 heavy (non-hydrogen) atoms. The maximum atomic E-state index is 14.1. The maximum absolute atomic E-state index is 14.1. The first-order valence-electron chi connectivity index (χ1n) is 6.16. The van der Waals surface area contributed by atoms with Gasteiger partial charge in [0.15, 0.2) is 0 Å². The van der Waals surface area contributed by atoms with Crippen molar-refractivity contribution in [1.29, 1.82) is 0 Å². The topological polar surface area (TPSA) is 12.0 Å². The first kappa shape index (κ1) is 15.4. The van der Waals surface area contributed by atoms with Crippen molar-refractivity contribution in [3.05, 3.63) is 68.7 Å². The summed E-state index contributed by atoms with van der Waals surface area (Å²) in [6, 6.07) is 9.00. The molecular formula is C15H13BrClF2N. The van der Waals surface area contributed by atoms with Crippen LogP contribution in [-0.2, 0) is 0 Å². The van der Waals surface area contributed by atoms with E-state index in [-0.39, 0.29) is 10.0 Å². The van der Waals surface area contributed by atoms with Crippen molar-refractivity contribution in [1.82, 2.24) is 5.32 Å². The van der Waals surface area contributed by atoms with E-state index < -0.39 is 17.7 Å². The molecule has 0 aliphatic heterocycles. The summed E-state index contributed by atoms with van der Waals surface area (Å²) in [7, 11) is 0. The minimum atomic E-state index is -0.488. The molecule has 0 heterocycles. The zero-order valence-corrected chi connectivity index (χ0v) is 13.1. The monoisotopic (exact) mass is 359 g/mol. The molecule has 2 aromatic carbocycles. The average Bonchev–Trinajstić information content (AvgIpc) is 2.42. The van der Waals surface area contributed by atoms with Gasteiger partial charge in [0.1, 0.15) is 11.6 Å². The third kappa shape index (κ3) is 3.37. The van der Waals surface area contributed by atoms with Crippen LogP contribution in [0.15, 0.2) is 40.9 Å². The van der Waals surface area contributed by atoms with Crippen LogP contribution in [0.2, 0.25) is 5.02 Å². The van der Waals surface area contributed by atoms with Gasteiger partial charge in [0.05, 0.1) is 10.5 Å². The Morgan fingerprint density at radius 1 is 1.15 bits per heavy atom. The lowest BCUT2D eigenvalue weighted by Crippen LogP contribution is -2.23. The SMILES string of the molecule is CCNC(c1ccc(Cl)cc1)c1cc(F)c(Br)cc1F. The van der Waals surface area contributed by atoms with E-state index in [9.17, 15) is 8.78 Å². The third-order valence-corrected chi connectivity index (χ3v) is 3.82. The van der Waals surface area contributed by atoms with Crippen LogP contribution in [0.25, 0.3) is 0 Å². The standard InChI is InChI=1S/C15H13BrClF2N/c1-2-20-15(9-3-5-10(17)6-4-9)11-7-14(19)12(16)8-13(11)18/h3-8,15,20H,2H2,1H3. The second-order valence-corrected chi connectivity index (χ2v) is 5.62. The van der Waals surface area contributed by atoms with Crippen molar-refractivity contribution in [2.24, 2.45) is 0 Å². The van der Waals surface area contributed by atoms with Gasteiger partial charge in [-0.2, -0.15) is 0 Å². The quantitative estimate of drug-likeness (QED) is 0.750. The molecule has 0 bridgehead atoms. The van der Waals surface area contributed by atoms with Crippen LogP contribution in [-0.4, -0.2) is 6.54 Å². The highest BCUT2D eigenvalue weighted by Crippen LogP contribution is 2.29. The van der Waals surface area contributed by atoms with Crippen LogP contribution < -0.4 is 5.32 Å². The molecule has 1 atom stereocenters. The number of halogens is 4. The summed E-state index contributed by atoms with van der Waals surface area (Å²) < 4.78 is 27.9. The minimum Gasteiger partial charge on any atom is -0.306 e. The summed E-state index contributed by atoms with van der Waals surface area (Å²) in [4.78, 5) is 0. The van der Waals surface area contributed by atoms with E-state index in [2.05, 4.69) is 21.2 Å². The first-order chi connectivity index (χ1) is 9.52. The van der Waals surface area contributed by atoms with E-state index in [1.807, 2.05) is 6.92 Å². The van der Waals surface area contributed by atoms with E-state index >= 15 is 0 Å². The predicted molar refractivity (Wildman–Crippen MR) is 81.0 cm³/mol. The Balaban J connectivity index is 2.48. The Bertz CT molecular complexity index is 602. The summed E-state index contributed by atoms with van der Waals surface area (Å²) in [5, 5.41) is 3.76. The zero-order valence-electron chi connectivity index (χ0n) is 10.8. The second-order valence-electron chi connectivity index (χ2n) is 4.33. The number of hydrogen-bond donors (Lipinski definition) is 1. The molecule has 2 rings (SSSR count). The molecule has 5 heteroatoms. The molecular weight excluding hydrogens is 348 g/mol. The van der Waals surface area contributed by atoms with Crippen molar-refractivity contribution >= 4 is 27.5 Å². The van der Waals surface area contributed by atoms with Gasteiger partial charge in [0, 0.05) is 10.6 Å². The molecule has 0 aliphatic rings. The fourth-order valence-electron chi connectivity index (χ4n) is 2.03. The van der Waals surface area contributed by atoms with Gasteiger partial charge >= 0.3 is 0 Å². The number of nitrogens with one attached hydrogen (secondary N) is 1. The van der Waals surface area contributed by atoms with Crippen LogP contribution in [0, 0.1) is 11.6 Å². The molecule has 0 saturated heterocycles. The lowest BCUT2D eigenvalue weighted by atomic mass is 9.98. The molecule has 1 unspecified atom stereocenters. The first-order valence-corrected chi connectivity index (χ1v) is 7.33. The number of hydrogen-bond acceptors (Lipinski definition) is 1. The normalized spacial score (nSPS) is 12.4. The van der Waals surface area contributed by atoms with Gasteiger partial charge in [-0.05, 0) is 52.3 Å². The van der Waals surface area contributed by atoms with Crippen molar-refractivity contribution in [3.8, 4) is 0 Å². The van der Waals surface area contributed by atoms with Crippen molar-refractivity contribution in [2.45, 2.75) is 13.0 Å². The highest BCUT2D eigenvalue weighted by Gasteiger charge is 2.19. The van der Waals surface area contributed by atoms with Gasteiger partial charge in [0.2, 0.25) is 0 Å². The molecule has 1 N–H and O–H groups in total. The van der Waals surface area contributed by atoms with Gasteiger partial charge in [-0.25, -0.2) is 8.78 Å². The fourth-order valence-corrected chi connectivity index (χ4v) is 2.47. The van der Waals surface area contributed by atoms with E-state index in [1.54, 1.807) is 24.3 Å². The molecule has 0 aliphatic carbocycles. The smallest absolute Gasteiger partial charge is 0.137 e. The lowest BCUT2D eigenvalue weighted by molar-refractivity contribution is 0.542. The van der Waals surface area contributed by atoms with Gasteiger partial charge in [-0.3, -0.25) is 0 Å². The van der Waals surface area contributed by atoms with Crippen molar-refractivity contribution in [2.75, 3.05) is 6.54 Å². The van der Waals surface area contributed by atoms with Crippen LogP contribution in [0.5, 0.6) is 0 Å². The molecule has 0 aromatic heterocycles. The Hall–Kier alpha value is -0.970. The fraction of sp³-hybridized carbons (Fsp3) is 0.200. The second kappa shape index (κ2) is 6.66. The number of benzene rings is 2. The number of rotatable bonds is 4. The lowest BCUT2D eigenvalue weighted by Gasteiger charge is -2.20. The van der Waals surface area contributed by atoms with Crippen LogP contribution >= 0.6 is 27.5 Å². The third-order valence-electron chi connectivity index (χ3n) is 2.96. The highest BCUT2D eigenvalue weighted by atomic mass is 79.9. The molecule has 2 aromatic rings. The largest absolute Gasteiger partial charge is 0.306 e. The van der Waals surface area contributed by atoms with Crippen LogP contribution in [0.1, 0.15) is 24.1 Å². The van der Waals surface area contributed by atoms with Crippen LogP contribution in [0.4, 0.5) is 8.78 Å². The van der Waals surface area contributed by atoms with E-state index in [4.69, 9.17) is 11.6 Å². The summed E-state index contributed by atoms with van der Waals surface area (Å²) in [5.74, 6) is -0.947. The summed E-state index contributed by atoms with van der Waals surface area (Å²) in [6.07, 6.45) is 0. The Labute approximate surface area is 130 Å². The predicted octanol–water partition coefficient (Wildman–Crippen LogP) is 5.08. The molecule has 0 spiro atoms. The van der Waals surface area contributed by atoms with Gasteiger partial charge in [-0.1, -0.05) is 30.7 Å². The minimum absolute atomic E-state index is 0.116. The van der Waals surface area contributed by atoms with Gasteiger partial charge < -0.3 is 5.32 Å². The zero-order chi connectivity index (χ0) is 14.7. The Morgan fingerprint density at radius 2 is 1.80 bits per heavy atom. The molecule has 0 radical (unpaired) electrons. The molecule has 0 fully saturated rings. The van der Waals surface area contributed by atoms with E-state index in [1.165, 1.54) is 6.07 Å². The maximum Gasteiger partial charge on any atom is 0.137 e. The van der Waals surface area contributed by atoms with Crippen molar-refractivity contribution in [3.63, 3.8) is 0 Å². The molecule has 106 valence electrons. The van der Waals surface area contributed by atoms with Gasteiger partial charge in [-0.15, -0.1) is 0 Å².